The van der Waals surface area contributed by atoms with Gasteiger partial charge in [0.05, 0.1) is 12.7 Å². The van der Waals surface area contributed by atoms with Crippen molar-refractivity contribution in [2.45, 2.75) is 32.3 Å². The van der Waals surface area contributed by atoms with Gasteiger partial charge in [-0.25, -0.2) is 4.79 Å². The molecule has 4 nitrogen and oxygen atoms in total. The number of benzene rings is 1. The maximum Gasteiger partial charge on any atom is 0.344 e. The van der Waals surface area contributed by atoms with Crippen LogP contribution in [0.1, 0.15) is 37.0 Å². The highest BCUT2D eigenvalue weighted by atomic mass is 16.6. The Kier molecular flexibility index (Phi) is 4.20. The predicted molar refractivity (Wildman–Crippen MR) is 66.5 cm³/mol. The topological polar surface area (TPSA) is 55.8 Å². The molecule has 0 spiro atoms. The van der Waals surface area contributed by atoms with E-state index < -0.39 is 6.10 Å². The average molecular weight is 250 g/mol. The first-order valence-corrected chi connectivity index (χ1v) is 6.30. The molecule has 0 saturated heterocycles. The second-order valence-electron chi connectivity index (χ2n) is 4.33. The largest absolute Gasteiger partial charge is 0.482 e. The van der Waals surface area contributed by atoms with E-state index in [-0.39, 0.29) is 12.6 Å². The minimum absolute atomic E-state index is 0.0829. The van der Waals surface area contributed by atoms with Crippen LogP contribution in [-0.2, 0) is 16.0 Å². The molecule has 18 heavy (non-hydrogen) atoms. The van der Waals surface area contributed by atoms with E-state index in [0.29, 0.717) is 12.4 Å². The number of hydrogen-bond donors (Lipinski definition) is 1. The summed E-state index contributed by atoms with van der Waals surface area (Å²) in [5.74, 6) is 0.311. The first-order valence-electron chi connectivity index (χ1n) is 6.30. The molecule has 0 aliphatic heterocycles. The molecule has 0 saturated carbocycles. The van der Waals surface area contributed by atoms with Crippen molar-refractivity contribution in [1.82, 2.24) is 0 Å². The van der Waals surface area contributed by atoms with Gasteiger partial charge in [-0.05, 0) is 43.4 Å². The van der Waals surface area contributed by atoms with Crippen LogP contribution < -0.4 is 4.74 Å². The number of ether oxygens (including phenoxy) is 2. The molecule has 1 aromatic carbocycles. The van der Waals surface area contributed by atoms with Crippen molar-refractivity contribution in [2.24, 2.45) is 0 Å². The molecule has 0 bridgehead atoms. The molecule has 1 unspecified atom stereocenters. The number of carbonyl (C=O) groups excluding carboxylic acids is 1. The number of rotatable bonds is 4. The SMILES string of the molecule is CCOC(=O)COc1cccc2c1CCCC2O. The van der Waals surface area contributed by atoms with Gasteiger partial charge in [-0.15, -0.1) is 0 Å². The molecule has 1 N–H and O–H groups in total. The van der Waals surface area contributed by atoms with Crippen molar-refractivity contribution in [2.75, 3.05) is 13.2 Å². The first kappa shape index (κ1) is 12.9. The van der Waals surface area contributed by atoms with E-state index in [2.05, 4.69) is 0 Å². The van der Waals surface area contributed by atoms with E-state index >= 15 is 0 Å². The monoisotopic (exact) mass is 250 g/mol. The highest BCUT2D eigenvalue weighted by Crippen LogP contribution is 2.35. The third kappa shape index (κ3) is 2.82. The molecule has 98 valence electrons. The van der Waals surface area contributed by atoms with Crippen molar-refractivity contribution in [3.05, 3.63) is 29.3 Å². The highest BCUT2D eigenvalue weighted by Gasteiger charge is 2.21. The molecule has 1 aromatic rings. The summed E-state index contributed by atoms with van der Waals surface area (Å²) in [6.45, 7) is 2.03. The van der Waals surface area contributed by atoms with Crippen LogP contribution in [0.5, 0.6) is 5.75 Å². The van der Waals surface area contributed by atoms with Gasteiger partial charge in [0.15, 0.2) is 6.61 Å². The third-order valence-electron chi connectivity index (χ3n) is 3.08. The predicted octanol–water partition coefficient (Wildman–Crippen LogP) is 2.00. The van der Waals surface area contributed by atoms with E-state index in [4.69, 9.17) is 9.47 Å². The fraction of sp³-hybridized carbons (Fsp3) is 0.500. The van der Waals surface area contributed by atoms with Gasteiger partial charge in [0.2, 0.25) is 0 Å². The molecular formula is C14H18O4. The smallest absolute Gasteiger partial charge is 0.344 e. The Morgan fingerprint density at radius 1 is 1.50 bits per heavy atom. The van der Waals surface area contributed by atoms with Gasteiger partial charge in [0.1, 0.15) is 5.75 Å². The quantitative estimate of drug-likeness (QED) is 0.830. The molecule has 0 radical (unpaired) electrons. The Labute approximate surface area is 107 Å². The van der Waals surface area contributed by atoms with Crippen LogP contribution in [-0.4, -0.2) is 24.3 Å². The van der Waals surface area contributed by atoms with Crippen LogP contribution in [0.25, 0.3) is 0 Å². The lowest BCUT2D eigenvalue weighted by Gasteiger charge is -2.23. The maximum absolute atomic E-state index is 11.3. The number of aliphatic hydroxyl groups excluding tert-OH is 1. The summed E-state index contributed by atoms with van der Waals surface area (Å²) in [6, 6.07) is 5.58. The van der Waals surface area contributed by atoms with Crippen LogP contribution in [0.4, 0.5) is 0 Å². The Bertz CT molecular complexity index is 428. The average Bonchev–Trinajstić information content (AvgIpc) is 2.37. The summed E-state index contributed by atoms with van der Waals surface area (Å²) >= 11 is 0. The number of hydrogen-bond acceptors (Lipinski definition) is 4. The number of carbonyl (C=O) groups is 1. The summed E-state index contributed by atoms with van der Waals surface area (Å²) in [4.78, 5) is 11.3. The van der Waals surface area contributed by atoms with Crippen molar-refractivity contribution >= 4 is 5.97 Å². The zero-order valence-electron chi connectivity index (χ0n) is 10.5. The van der Waals surface area contributed by atoms with Crippen molar-refractivity contribution in [3.63, 3.8) is 0 Å². The van der Waals surface area contributed by atoms with E-state index in [9.17, 15) is 9.90 Å². The van der Waals surface area contributed by atoms with Crippen LogP contribution in [0, 0.1) is 0 Å². The van der Waals surface area contributed by atoms with Crippen LogP contribution in [0.15, 0.2) is 18.2 Å². The molecule has 4 heteroatoms. The second kappa shape index (κ2) is 5.87. The zero-order chi connectivity index (χ0) is 13.0. The number of esters is 1. The van der Waals surface area contributed by atoms with Crippen molar-refractivity contribution < 1.29 is 19.4 Å². The van der Waals surface area contributed by atoms with Gasteiger partial charge in [-0.1, -0.05) is 12.1 Å². The van der Waals surface area contributed by atoms with Gasteiger partial charge in [0, 0.05) is 0 Å². The minimum Gasteiger partial charge on any atom is -0.482 e. The lowest BCUT2D eigenvalue weighted by molar-refractivity contribution is -0.145. The molecule has 2 rings (SSSR count). The first-order chi connectivity index (χ1) is 8.72. The maximum atomic E-state index is 11.3. The minimum atomic E-state index is -0.417. The molecule has 1 aliphatic rings. The van der Waals surface area contributed by atoms with E-state index in [1.54, 1.807) is 6.92 Å². The fourth-order valence-corrected chi connectivity index (χ4v) is 2.26. The van der Waals surface area contributed by atoms with Crippen LogP contribution >= 0.6 is 0 Å². The van der Waals surface area contributed by atoms with Gasteiger partial charge in [0.25, 0.3) is 0 Å². The normalized spacial score (nSPS) is 18.0. The fourth-order valence-electron chi connectivity index (χ4n) is 2.26. The molecule has 0 fully saturated rings. The highest BCUT2D eigenvalue weighted by molar-refractivity contribution is 5.71. The van der Waals surface area contributed by atoms with Crippen LogP contribution in [0.3, 0.4) is 0 Å². The summed E-state index contributed by atoms with van der Waals surface area (Å²) in [7, 11) is 0. The van der Waals surface area contributed by atoms with Gasteiger partial charge in [-0.2, -0.15) is 0 Å². The zero-order valence-corrected chi connectivity index (χ0v) is 10.5. The Hall–Kier alpha value is -1.55. The lowest BCUT2D eigenvalue weighted by Crippen LogP contribution is -2.17. The molecule has 0 aromatic heterocycles. The Morgan fingerprint density at radius 3 is 3.11 bits per heavy atom. The number of fused-ring (bicyclic) bond motifs is 1. The van der Waals surface area contributed by atoms with E-state index in [1.807, 2.05) is 18.2 Å². The molecule has 1 atom stereocenters. The lowest BCUT2D eigenvalue weighted by atomic mass is 9.89. The molecule has 0 amide bonds. The summed E-state index contributed by atoms with van der Waals surface area (Å²) in [6.07, 6.45) is 2.19. The summed E-state index contributed by atoms with van der Waals surface area (Å²) < 4.78 is 10.3. The third-order valence-corrected chi connectivity index (χ3v) is 3.08. The van der Waals surface area contributed by atoms with Gasteiger partial charge in [-0.3, -0.25) is 0 Å². The number of aliphatic hydroxyl groups is 1. The van der Waals surface area contributed by atoms with Crippen LogP contribution in [0.2, 0.25) is 0 Å². The van der Waals surface area contributed by atoms with E-state index in [1.165, 1.54) is 0 Å². The molecule has 1 aliphatic carbocycles. The second-order valence-corrected chi connectivity index (χ2v) is 4.33. The summed E-state index contributed by atoms with van der Waals surface area (Å²) in [5, 5.41) is 9.90. The standard InChI is InChI=1S/C14H18O4/c1-2-17-14(16)9-18-13-8-4-5-10-11(13)6-3-7-12(10)15/h4-5,8,12,15H,2-3,6-7,9H2,1H3. The Morgan fingerprint density at radius 2 is 2.33 bits per heavy atom. The molecular weight excluding hydrogens is 232 g/mol. The Balaban J connectivity index is 2.09. The molecule has 0 heterocycles. The summed E-state index contributed by atoms with van der Waals surface area (Å²) in [5.41, 5.74) is 1.93. The van der Waals surface area contributed by atoms with Gasteiger partial charge < -0.3 is 14.6 Å². The van der Waals surface area contributed by atoms with E-state index in [0.717, 1.165) is 30.4 Å². The van der Waals surface area contributed by atoms with Crippen molar-refractivity contribution in [3.8, 4) is 5.75 Å². The van der Waals surface area contributed by atoms with Crippen molar-refractivity contribution in [1.29, 1.82) is 0 Å². The van der Waals surface area contributed by atoms with Gasteiger partial charge >= 0.3 is 5.97 Å².